The average Bonchev–Trinajstić information content (AvgIpc) is 2.71. The van der Waals surface area contributed by atoms with Crippen LogP contribution in [0.2, 0.25) is 0 Å². The van der Waals surface area contributed by atoms with E-state index >= 15 is 0 Å². The van der Waals surface area contributed by atoms with Gasteiger partial charge in [0.25, 0.3) is 0 Å². The predicted molar refractivity (Wildman–Crippen MR) is 109 cm³/mol. The van der Waals surface area contributed by atoms with Crippen LogP contribution in [-0.2, 0) is 16.0 Å². The minimum Gasteiger partial charge on any atom is -0.462 e. The van der Waals surface area contributed by atoms with Gasteiger partial charge < -0.3 is 15.4 Å². The number of aromatic nitrogens is 1. The fraction of sp³-hybridized carbons (Fsp3) is 0.136. The fourth-order valence-electron chi connectivity index (χ4n) is 2.58. The van der Waals surface area contributed by atoms with Crippen LogP contribution in [0, 0.1) is 0 Å². The van der Waals surface area contributed by atoms with Crippen LogP contribution in [0.3, 0.4) is 0 Å². The highest BCUT2D eigenvalue weighted by molar-refractivity contribution is 5.92. The van der Waals surface area contributed by atoms with Gasteiger partial charge in [-0.05, 0) is 48.9 Å². The van der Waals surface area contributed by atoms with E-state index < -0.39 is 0 Å². The molecule has 3 rings (SSSR count). The number of carbonyl (C=O) groups is 2. The van der Waals surface area contributed by atoms with Gasteiger partial charge in [0, 0.05) is 5.69 Å². The van der Waals surface area contributed by atoms with Gasteiger partial charge in [-0.2, -0.15) is 0 Å². The molecular formula is C22H21N3O3. The van der Waals surface area contributed by atoms with E-state index in [4.69, 9.17) is 4.74 Å². The third-order valence-electron chi connectivity index (χ3n) is 3.92. The molecule has 6 nitrogen and oxygen atoms in total. The molecule has 0 radical (unpaired) electrons. The number of esters is 1. The first-order chi connectivity index (χ1) is 13.6. The van der Waals surface area contributed by atoms with Gasteiger partial charge in [0.1, 0.15) is 5.82 Å². The number of nitrogens with zero attached hydrogens (tertiary/aromatic N) is 1. The molecule has 0 spiro atoms. The first-order valence-electron chi connectivity index (χ1n) is 8.98. The van der Waals surface area contributed by atoms with Crippen molar-refractivity contribution < 1.29 is 14.3 Å². The highest BCUT2D eigenvalue weighted by Gasteiger charge is 2.07. The number of anilines is 3. The predicted octanol–water partition coefficient (Wildman–Crippen LogP) is 4.18. The van der Waals surface area contributed by atoms with Crippen LogP contribution in [0.25, 0.3) is 0 Å². The van der Waals surface area contributed by atoms with Gasteiger partial charge in [0.2, 0.25) is 5.91 Å². The van der Waals surface area contributed by atoms with E-state index in [1.54, 1.807) is 49.5 Å². The van der Waals surface area contributed by atoms with Gasteiger partial charge in [-0.1, -0.05) is 30.3 Å². The summed E-state index contributed by atoms with van der Waals surface area (Å²) < 4.78 is 4.96. The lowest BCUT2D eigenvalue weighted by Gasteiger charge is -2.09. The smallest absolute Gasteiger partial charge is 0.338 e. The molecule has 1 aromatic heterocycles. The summed E-state index contributed by atoms with van der Waals surface area (Å²) >= 11 is 0. The number of hydrogen-bond donors (Lipinski definition) is 2. The Morgan fingerprint density at radius 3 is 2.29 bits per heavy atom. The number of nitrogens with one attached hydrogen (secondary N) is 2. The summed E-state index contributed by atoms with van der Waals surface area (Å²) in [6.07, 6.45) is 1.91. The van der Waals surface area contributed by atoms with Crippen molar-refractivity contribution in [3.63, 3.8) is 0 Å². The van der Waals surface area contributed by atoms with Gasteiger partial charge in [-0.3, -0.25) is 4.79 Å². The van der Waals surface area contributed by atoms with Gasteiger partial charge in [-0.15, -0.1) is 0 Å². The van der Waals surface area contributed by atoms with Gasteiger partial charge >= 0.3 is 5.97 Å². The fourth-order valence-corrected chi connectivity index (χ4v) is 2.58. The molecule has 0 unspecified atom stereocenters. The molecule has 142 valence electrons. The van der Waals surface area contributed by atoms with Crippen molar-refractivity contribution >= 4 is 29.1 Å². The third kappa shape index (κ3) is 5.41. The van der Waals surface area contributed by atoms with Crippen molar-refractivity contribution in [2.75, 3.05) is 17.2 Å². The molecule has 2 N–H and O–H groups in total. The van der Waals surface area contributed by atoms with Crippen LogP contribution in [-0.4, -0.2) is 23.5 Å². The minimum absolute atomic E-state index is 0.0942. The highest BCUT2D eigenvalue weighted by atomic mass is 16.5. The summed E-state index contributed by atoms with van der Waals surface area (Å²) in [5, 5.41) is 5.98. The first kappa shape index (κ1) is 19.1. The zero-order valence-corrected chi connectivity index (χ0v) is 15.5. The summed E-state index contributed by atoms with van der Waals surface area (Å²) in [5.74, 6) is 0.191. The molecule has 3 aromatic rings. The quantitative estimate of drug-likeness (QED) is 0.606. The first-order valence-corrected chi connectivity index (χ1v) is 8.98. The van der Waals surface area contributed by atoms with Crippen molar-refractivity contribution in [2.24, 2.45) is 0 Å². The molecule has 0 aliphatic carbocycles. The molecule has 0 saturated heterocycles. The second kappa shape index (κ2) is 9.32. The van der Waals surface area contributed by atoms with Crippen LogP contribution in [0.5, 0.6) is 0 Å². The Morgan fingerprint density at radius 1 is 0.929 bits per heavy atom. The largest absolute Gasteiger partial charge is 0.462 e. The zero-order valence-electron chi connectivity index (χ0n) is 15.5. The molecule has 0 aliphatic heterocycles. The van der Waals surface area contributed by atoms with E-state index in [2.05, 4.69) is 15.6 Å². The molecule has 0 aliphatic rings. The Hall–Kier alpha value is -3.67. The highest BCUT2D eigenvalue weighted by Crippen LogP contribution is 2.17. The van der Waals surface area contributed by atoms with Crippen LogP contribution in [0.4, 0.5) is 17.2 Å². The van der Waals surface area contributed by atoms with Crippen LogP contribution in [0.1, 0.15) is 22.8 Å². The zero-order chi connectivity index (χ0) is 19.8. The van der Waals surface area contributed by atoms with Crippen molar-refractivity contribution in [1.82, 2.24) is 4.98 Å². The maximum atomic E-state index is 12.1. The lowest BCUT2D eigenvalue weighted by molar-refractivity contribution is -0.115. The number of hydrogen-bond acceptors (Lipinski definition) is 5. The molecule has 0 saturated carbocycles. The van der Waals surface area contributed by atoms with Crippen molar-refractivity contribution in [1.29, 1.82) is 0 Å². The lowest BCUT2D eigenvalue weighted by atomic mass is 10.1. The average molecular weight is 375 g/mol. The van der Waals surface area contributed by atoms with E-state index in [1.165, 1.54) is 0 Å². The summed E-state index contributed by atoms with van der Waals surface area (Å²) in [7, 11) is 0. The van der Waals surface area contributed by atoms with Crippen LogP contribution >= 0.6 is 0 Å². The Morgan fingerprint density at radius 2 is 1.64 bits per heavy atom. The molecule has 28 heavy (non-hydrogen) atoms. The standard InChI is InChI=1S/C22H21N3O3/c1-2-28-22(27)17-8-10-18(11-9-17)24-20-13-12-19(15-23-20)25-21(26)14-16-6-4-3-5-7-16/h3-13,15H,2,14H2,1H3,(H,23,24)(H,25,26). The van der Waals surface area contributed by atoms with E-state index in [1.807, 2.05) is 30.3 Å². The van der Waals surface area contributed by atoms with E-state index in [0.29, 0.717) is 30.1 Å². The minimum atomic E-state index is -0.345. The van der Waals surface area contributed by atoms with Crippen LogP contribution in [0.15, 0.2) is 72.9 Å². The second-order valence-corrected chi connectivity index (χ2v) is 6.07. The van der Waals surface area contributed by atoms with Gasteiger partial charge in [0.15, 0.2) is 0 Å². The van der Waals surface area contributed by atoms with Crippen LogP contribution < -0.4 is 10.6 Å². The third-order valence-corrected chi connectivity index (χ3v) is 3.92. The normalized spacial score (nSPS) is 10.2. The molecule has 6 heteroatoms. The van der Waals surface area contributed by atoms with Gasteiger partial charge in [-0.25, -0.2) is 9.78 Å². The number of benzene rings is 2. The molecule has 1 heterocycles. The molecule has 0 fully saturated rings. The summed E-state index contributed by atoms with van der Waals surface area (Å²) in [5.41, 5.74) is 2.87. The molecule has 0 bridgehead atoms. The van der Waals surface area contributed by atoms with E-state index in [0.717, 1.165) is 11.3 Å². The maximum absolute atomic E-state index is 12.1. The number of ether oxygens (including phenoxy) is 1. The topological polar surface area (TPSA) is 80.3 Å². The second-order valence-electron chi connectivity index (χ2n) is 6.07. The monoisotopic (exact) mass is 375 g/mol. The molecule has 1 amide bonds. The van der Waals surface area contributed by atoms with Crippen molar-refractivity contribution in [3.8, 4) is 0 Å². The van der Waals surface area contributed by atoms with E-state index in [-0.39, 0.29) is 11.9 Å². The molecule has 2 aromatic carbocycles. The number of amides is 1. The number of pyridine rings is 1. The Balaban J connectivity index is 1.55. The Labute approximate surface area is 163 Å². The van der Waals surface area contributed by atoms with Gasteiger partial charge in [0.05, 0.1) is 30.5 Å². The number of rotatable bonds is 7. The molecule has 0 atom stereocenters. The summed E-state index contributed by atoms with van der Waals surface area (Å²) in [6, 6.07) is 20.1. The van der Waals surface area contributed by atoms with E-state index in [9.17, 15) is 9.59 Å². The SMILES string of the molecule is CCOC(=O)c1ccc(Nc2ccc(NC(=O)Cc3ccccc3)cn2)cc1. The number of carbonyl (C=O) groups excluding carboxylic acids is 2. The van der Waals surface area contributed by atoms with Crippen molar-refractivity contribution in [3.05, 3.63) is 84.1 Å². The summed E-state index contributed by atoms with van der Waals surface area (Å²) in [4.78, 5) is 28.1. The lowest BCUT2D eigenvalue weighted by Crippen LogP contribution is -2.14. The molecular weight excluding hydrogens is 354 g/mol. The summed E-state index contributed by atoms with van der Waals surface area (Å²) in [6.45, 7) is 2.12. The Kier molecular flexibility index (Phi) is 6.36. The van der Waals surface area contributed by atoms with Crippen molar-refractivity contribution in [2.45, 2.75) is 13.3 Å². The maximum Gasteiger partial charge on any atom is 0.338 e. The Bertz CT molecular complexity index is 924.